The fourth-order valence-electron chi connectivity index (χ4n) is 2.09. The van der Waals surface area contributed by atoms with E-state index in [1.807, 2.05) is 6.92 Å². The zero-order valence-corrected chi connectivity index (χ0v) is 13.1. The Balaban J connectivity index is 2.44. The van der Waals surface area contributed by atoms with Crippen LogP contribution in [0.5, 0.6) is 11.5 Å². The largest absolute Gasteiger partial charge is 0.490 e. The van der Waals surface area contributed by atoms with Crippen molar-refractivity contribution in [2.45, 2.75) is 52.4 Å². The fraction of sp³-hybridized carbons (Fsp3) is 0.588. The van der Waals surface area contributed by atoms with Crippen LogP contribution < -0.4 is 9.47 Å². The van der Waals surface area contributed by atoms with Gasteiger partial charge in [-0.15, -0.1) is 0 Å². The molecule has 0 radical (unpaired) electrons. The van der Waals surface area contributed by atoms with Gasteiger partial charge in [0, 0.05) is 0 Å². The number of ether oxygens (including phenoxy) is 2. The van der Waals surface area contributed by atoms with E-state index in [-0.39, 0.29) is 5.56 Å². The summed E-state index contributed by atoms with van der Waals surface area (Å²) in [7, 11) is 0. The first-order valence-corrected chi connectivity index (χ1v) is 7.82. The van der Waals surface area contributed by atoms with Crippen LogP contribution in [-0.2, 0) is 0 Å². The number of carboxylic acids is 1. The Kier molecular flexibility index (Phi) is 8.32. The number of unbranched alkanes of at least 4 members (excludes halogenated alkanes) is 5. The molecule has 4 heteroatoms. The quantitative estimate of drug-likeness (QED) is 0.609. The number of carboxylic acid groups (broad SMARTS) is 1. The third kappa shape index (κ3) is 6.52. The molecule has 1 aromatic carbocycles. The van der Waals surface area contributed by atoms with Crippen molar-refractivity contribution < 1.29 is 19.4 Å². The molecule has 0 amide bonds. The van der Waals surface area contributed by atoms with Crippen molar-refractivity contribution in [3.05, 3.63) is 23.8 Å². The van der Waals surface area contributed by atoms with Gasteiger partial charge in [0.2, 0.25) is 0 Å². The van der Waals surface area contributed by atoms with Gasteiger partial charge in [0.1, 0.15) is 0 Å². The molecule has 0 aromatic heterocycles. The molecule has 0 aliphatic carbocycles. The minimum atomic E-state index is -0.960. The van der Waals surface area contributed by atoms with Gasteiger partial charge in [0.05, 0.1) is 18.8 Å². The van der Waals surface area contributed by atoms with E-state index in [0.717, 1.165) is 12.8 Å². The van der Waals surface area contributed by atoms with Crippen LogP contribution in [0.15, 0.2) is 18.2 Å². The Morgan fingerprint density at radius 1 is 1.00 bits per heavy atom. The SMILES string of the molecule is CCCCCCCCOc1ccc(C(=O)O)cc1OCC. The molecule has 0 aliphatic rings. The molecular weight excluding hydrogens is 268 g/mol. The second-order valence-electron chi connectivity index (χ2n) is 5.02. The average molecular weight is 294 g/mol. The van der Waals surface area contributed by atoms with Gasteiger partial charge in [0.25, 0.3) is 0 Å². The maximum Gasteiger partial charge on any atom is 0.335 e. The summed E-state index contributed by atoms with van der Waals surface area (Å²) >= 11 is 0. The lowest BCUT2D eigenvalue weighted by Gasteiger charge is -2.12. The van der Waals surface area contributed by atoms with E-state index in [1.54, 1.807) is 12.1 Å². The predicted octanol–water partition coefficient (Wildman–Crippen LogP) is 4.52. The normalized spacial score (nSPS) is 10.4. The van der Waals surface area contributed by atoms with Crippen molar-refractivity contribution >= 4 is 5.97 Å². The van der Waals surface area contributed by atoms with E-state index in [1.165, 1.54) is 31.7 Å². The predicted molar refractivity (Wildman–Crippen MR) is 83.4 cm³/mol. The Labute approximate surface area is 127 Å². The maximum absolute atomic E-state index is 11.0. The summed E-state index contributed by atoms with van der Waals surface area (Å²) in [6.07, 6.45) is 7.25. The van der Waals surface area contributed by atoms with Crippen LogP contribution in [0.25, 0.3) is 0 Å². The van der Waals surface area contributed by atoms with Crippen molar-refractivity contribution in [1.29, 1.82) is 0 Å². The van der Waals surface area contributed by atoms with Crippen LogP contribution in [-0.4, -0.2) is 24.3 Å². The van der Waals surface area contributed by atoms with Gasteiger partial charge < -0.3 is 14.6 Å². The Morgan fingerprint density at radius 3 is 2.38 bits per heavy atom. The Bertz CT molecular complexity index is 429. The summed E-state index contributed by atoms with van der Waals surface area (Å²) in [5.74, 6) is 0.164. The van der Waals surface area contributed by atoms with Crippen LogP contribution >= 0.6 is 0 Å². The first-order valence-electron chi connectivity index (χ1n) is 7.82. The summed E-state index contributed by atoms with van der Waals surface area (Å²) < 4.78 is 11.2. The zero-order chi connectivity index (χ0) is 15.5. The summed E-state index contributed by atoms with van der Waals surface area (Å²) in [5.41, 5.74) is 0.213. The molecule has 1 N–H and O–H groups in total. The molecule has 0 spiro atoms. The molecule has 0 heterocycles. The molecule has 1 aromatic rings. The maximum atomic E-state index is 11.0. The monoisotopic (exact) mass is 294 g/mol. The minimum absolute atomic E-state index is 0.213. The summed E-state index contributed by atoms with van der Waals surface area (Å²) in [6.45, 7) is 5.19. The van der Waals surface area contributed by atoms with E-state index < -0.39 is 5.97 Å². The fourth-order valence-corrected chi connectivity index (χ4v) is 2.09. The van der Waals surface area contributed by atoms with Crippen molar-refractivity contribution in [1.82, 2.24) is 0 Å². The number of hydrogen-bond acceptors (Lipinski definition) is 3. The molecule has 4 nitrogen and oxygen atoms in total. The van der Waals surface area contributed by atoms with Gasteiger partial charge in [-0.25, -0.2) is 4.79 Å². The lowest BCUT2D eigenvalue weighted by Crippen LogP contribution is -2.03. The molecule has 118 valence electrons. The molecule has 0 saturated carbocycles. The van der Waals surface area contributed by atoms with Gasteiger partial charge in [-0.1, -0.05) is 39.0 Å². The molecule has 0 fully saturated rings. The Hall–Kier alpha value is -1.71. The summed E-state index contributed by atoms with van der Waals surface area (Å²) in [5, 5.41) is 8.99. The lowest BCUT2D eigenvalue weighted by atomic mass is 10.1. The van der Waals surface area contributed by atoms with E-state index in [4.69, 9.17) is 14.6 Å². The highest BCUT2D eigenvalue weighted by atomic mass is 16.5. The molecule has 0 unspecified atom stereocenters. The number of rotatable bonds is 11. The molecule has 21 heavy (non-hydrogen) atoms. The van der Waals surface area contributed by atoms with Crippen molar-refractivity contribution in [2.75, 3.05) is 13.2 Å². The zero-order valence-electron chi connectivity index (χ0n) is 13.1. The number of hydrogen-bond donors (Lipinski definition) is 1. The second-order valence-corrected chi connectivity index (χ2v) is 5.02. The van der Waals surface area contributed by atoms with Gasteiger partial charge in [-0.2, -0.15) is 0 Å². The average Bonchev–Trinajstić information content (AvgIpc) is 2.47. The van der Waals surface area contributed by atoms with Crippen molar-refractivity contribution in [3.63, 3.8) is 0 Å². The highest BCUT2D eigenvalue weighted by molar-refractivity contribution is 5.88. The minimum Gasteiger partial charge on any atom is -0.490 e. The third-order valence-electron chi connectivity index (χ3n) is 3.25. The van der Waals surface area contributed by atoms with Crippen molar-refractivity contribution in [3.8, 4) is 11.5 Å². The van der Waals surface area contributed by atoms with Crippen molar-refractivity contribution in [2.24, 2.45) is 0 Å². The van der Waals surface area contributed by atoms with Gasteiger partial charge >= 0.3 is 5.97 Å². The molecule has 0 bridgehead atoms. The van der Waals surface area contributed by atoms with E-state index in [0.29, 0.717) is 24.7 Å². The standard InChI is InChI=1S/C17H26O4/c1-3-5-6-7-8-9-12-21-15-11-10-14(17(18)19)13-16(15)20-4-2/h10-11,13H,3-9,12H2,1-2H3,(H,18,19). The topological polar surface area (TPSA) is 55.8 Å². The third-order valence-corrected chi connectivity index (χ3v) is 3.25. The molecule has 1 rings (SSSR count). The number of carbonyl (C=O) groups is 1. The van der Waals surface area contributed by atoms with Crippen LogP contribution in [0.3, 0.4) is 0 Å². The number of benzene rings is 1. The van der Waals surface area contributed by atoms with Crippen LogP contribution in [0.2, 0.25) is 0 Å². The number of aromatic carboxylic acids is 1. The van der Waals surface area contributed by atoms with Crippen LogP contribution in [0.4, 0.5) is 0 Å². The Morgan fingerprint density at radius 2 is 1.71 bits per heavy atom. The van der Waals surface area contributed by atoms with Crippen LogP contribution in [0.1, 0.15) is 62.7 Å². The highest BCUT2D eigenvalue weighted by Gasteiger charge is 2.10. The lowest BCUT2D eigenvalue weighted by molar-refractivity contribution is 0.0696. The van der Waals surface area contributed by atoms with Gasteiger partial charge in [-0.3, -0.25) is 0 Å². The molecular formula is C17H26O4. The van der Waals surface area contributed by atoms with Gasteiger partial charge in [-0.05, 0) is 31.5 Å². The molecule has 0 atom stereocenters. The smallest absolute Gasteiger partial charge is 0.335 e. The van der Waals surface area contributed by atoms with E-state index >= 15 is 0 Å². The molecule has 0 saturated heterocycles. The highest BCUT2D eigenvalue weighted by Crippen LogP contribution is 2.28. The summed E-state index contributed by atoms with van der Waals surface area (Å²) in [4.78, 5) is 11.0. The first-order chi connectivity index (χ1) is 10.2. The van der Waals surface area contributed by atoms with E-state index in [2.05, 4.69) is 6.92 Å². The second kappa shape index (κ2) is 10.1. The van der Waals surface area contributed by atoms with Gasteiger partial charge in [0.15, 0.2) is 11.5 Å². The first kappa shape index (κ1) is 17.3. The molecule has 0 aliphatic heterocycles. The van der Waals surface area contributed by atoms with E-state index in [9.17, 15) is 4.79 Å². The summed E-state index contributed by atoms with van der Waals surface area (Å²) in [6, 6.07) is 4.73. The van der Waals surface area contributed by atoms with Crippen LogP contribution in [0, 0.1) is 0 Å².